The molecule has 0 saturated heterocycles. The lowest BCUT2D eigenvalue weighted by Gasteiger charge is -2.18. The molecule has 0 fully saturated rings. The van der Waals surface area contributed by atoms with E-state index < -0.39 is 6.10 Å². The van der Waals surface area contributed by atoms with Crippen LogP contribution in [0.4, 0.5) is 0 Å². The summed E-state index contributed by atoms with van der Waals surface area (Å²) in [5.74, 6) is -1.02. The molecule has 0 rings (SSSR count). The highest BCUT2D eigenvalue weighted by atomic mass is 16.6. The van der Waals surface area contributed by atoms with Gasteiger partial charge in [0.2, 0.25) is 0 Å². The van der Waals surface area contributed by atoms with Crippen LogP contribution in [0.3, 0.4) is 0 Å². The zero-order chi connectivity index (χ0) is 59.2. The predicted molar refractivity (Wildman–Crippen MR) is 357 cm³/mol. The van der Waals surface area contributed by atoms with Crippen molar-refractivity contribution in [3.05, 3.63) is 146 Å². The lowest BCUT2D eigenvalue weighted by molar-refractivity contribution is -0.166. The number of carbonyl (C=O) groups excluding carboxylic acids is 3. The molecule has 0 bridgehead atoms. The number of hydrogen-bond donors (Lipinski definition) is 0. The van der Waals surface area contributed by atoms with Gasteiger partial charge in [-0.25, -0.2) is 0 Å². The minimum Gasteiger partial charge on any atom is -0.462 e. The highest BCUT2D eigenvalue weighted by Crippen LogP contribution is 2.17. The van der Waals surface area contributed by atoms with Crippen LogP contribution in [-0.4, -0.2) is 37.2 Å². The van der Waals surface area contributed by atoms with Crippen molar-refractivity contribution in [1.29, 1.82) is 0 Å². The number of carbonyl (C=O) groups is 3. The normalized spacial score (nSPS) is 13.1. The SMILES string of the molecule is CC/C=C\C/C=C\C/C=C\C/C=C\C/C=C\C/C=C\C/C=C\C/C=C\CCCCCCC(=O)OCC(COC(=O)CC/C=C\C/C=C\C/C=C\C/C=C\CC)OC(=O)CCCCCCCCCCCCCCCCCCCCCCCC. The summed E-state index contributed by atoms with van der Waals surface area (Å²) in [4.78, 5) is 38.3. The number of unbranched alkanes of at least 4 members (excludes halogenated alkanes) is 25. The summed E-state index contributed by atoms with van der Waals surface area (Å²) in [6.45, 7) is 6.35. The van der Waals surface area contributed by atoms with Crippen LogP contribution >= 0.6 is 0 Å². The molecule has 0 heterocycles. The first kappa shape index (κ1) is 77.3. The number of hydrogen-bond acceptors (Lipinski definition) is 6. The molecule has 6 heteroatoms. The van der Waals surface area contributed by atoms with Crippen molar-refractivity contribution in [2.45, 2.75) is 303 Å². The topological polar surface area (TPSA) is 78.9 Å². The molecule has 1 unspecified atom stereocenters. The van der Waals surface area contributed by atoms with Gasteiger partial charge in [0.25, 0.3) is 0 Å². The molecular weight excluding hydrogens is 1010 g/mol. The fourth-order valence-corrected chi connectivity index (χ4v) is 9.12. The van der Waals surface area contributed by atoms with Gasteiger partial charge in [0.1, 0.15) is 13.2 Å². The molecule has 0 N–H and O–H groups in total. The van der Waals surface area contributed by atoms with Crippen LogP contribution in [0.2, 0.25) is 0 Å². The van der Waals surface area contributed by atoms with Crippen molar-refractivity contribution in [3.63, 3.8) is 0 Å². The number of ether oxygens (including phenoxy) is 3. The Morgan fingerprint density at radius 3 is 0.817 bits per heavy atom. The van der Waals surface area contributed by atoms with Crippen molar-refractivity contribution < 1.29 is 28.6 Å². The molecule has 0 aliphatic rings. The molecule has 0 aromatic heterocycles. The Labute approximate surface area is 506 Å². The van der Waals surface area contributed by atoms with Crippen molar-refractivity contribution in [2.75, 3.05) is 13.2 Å². The summed E-state index contributed by atoms with van der Waals surface area (Å²) in [6, 6.07) is 0. The van der Waals surface area contributed by atoms with Gasteiger partial charge in [-0.2, -0.15) is 0 Å². The van der Waals surface area contributed by atoms with Gasteiger partial charge in [-0.1, -0.05) is 314 Å². The number of allylic oxidation sites excluding steroid dienone is 24. The zero-order valence-corrected chi connectivity index (χ0v) is 53.2. The summed E-state index contributed by atoms with van der Waals surface area (Å²) in [5.41, 5.74) is 0. The molecule has 82 heavy (non-hydrogen) atoms. The van der Waals surface area contributed by atoms with Gasteiger partial charge in [0, 0.05) is 19.3 Å². The third kappa shape index (κ3) is 66.1. The van der Waals surface area contributed by atoms with E-state index in [4.69, 9.17) is 14.2 Å². The summed E-state index contributed by atoms with van der Waals surface area (Å²) >= 11 is 0. The van der Waals surface area contributed by atoms with Crippen LogP contribution in [-0.2, 0) is 28.6 Å². The number of esters is 3. The Morgan fingerprint density at radius 1 is 0.256 bits per heavy atom. The van der Waals surface area contributed by atoms with E-state index in [1.807, 2.05) is 6.08 Å². The fourth-order valence-electron chi connectivity index (χ4n) is 9.12. The van der Waals surface area contributed by atoms with Crippen LogP contribution in [0.5, 0.6) is 0 Å². The largest absolute Gasteiger partial charge is 0.462 e. The van der Waals surface area contributed by atoms with Crippen molar-refractivity contribution in [1.82, 2.24) is 0 Å². The lowest BCUT2D eigenvalue weighted by atomic mass is 10.0. The van der Waals surface area contributed by atoms with Crippen LogP contribution < -0.4 is 0 Å². The molecule has 0 radical (unpaired) electrons. The Hall–Kier alpha value is -4.71. The molecule has 0 aliphatic heterocycles. The second-order valence-corrected chi connectivity index (χ2v) is 22.0. The van der Waals surface area contributed by atoms with E-state index in [2.05, 4.69) is 161 Å². The van der Waals surface area contributed by atoms with Crippen LogP contribution in [0, 0.1) is 0 Å². The molecule has 1 atom stereocenters. The Kier molecular flexibility index (Phi) is 64.8. The van der Waals surface area contributed by atoms with Crippen molar-refractivity contribution >= 4 is 17.9 Å². The van der Waals surface area contributed by atoms with Gasteiger partial charge in [-0.05, 0) is 109 Å². The monoisotopic (exact) mass is 1130 g/mol. The molecule has 0 aromatic rings. The van der Waals surface area contributed by atoms with E-state index in [-0.39, 0.29) is 37.5 Å². The van der Waals surface area contributed by atoms with E-state index >= 15 is 0 Å². The van der Waals surface area contributed by atoms with E-state index in [1.54, 1.807) is 0 Å². The van der Waals surface area contributed by atoms with Crippen LogP contribution in [0.1, 0.15) is 297 Å². The van der Waals surface area contributed by atoms with E-state index in [0.717, 1.165) is 128 Å². The maximum atomic E-state index is 12.9. The minimum absolute atomic E-state index is 0.116. The van der Waals surface area contributed by atoms with Gasteiger partial charge in [0.15, 0.2) is 6.10 Å². The molecule has 6 nitrogen and oxygen atoms in total. The lowest BCUT2D eigenvalue weighted by Crippen LogP contribution is -2.30. The van der Waals surface area contributed by atoms with E-state index in [9.17, 15) is 14.4 Å². The molecule has 0 aromatic carbocycles. The van der Waals surface area contributed by atoms with Gasteiger partial charge < -0.3 is 14.2 Å². The standard InChI is InChI=1S/C76H124O6/c1-4-7-10-13-16-19-22-25-27-29-31-33-35-36-37-38-39-40-41-43-44-46-48-51-54-57-60-63-66-69-75(78)81-72-73(71-80-74(77)68-65-62-59-56-53-50-24-21-18-15-12-9-6-3)82-76(79)70-67-64-61-58-55-52-49-47-45-42-34-32-30-28-26-23-20-17-14-11-8-5-2/h7,9-10,12,16,18-19,21,25,27,31,33,36-37,39-40,43-44,48,50-51,53,59,62,73H,4-6,8,11,13-15,17,20,22-24,26,28-30,32,34-35,38,41-42,45-47,49,52,54-58,60-61,63-72H2,1-3H3/b10-7-,12-9-,19-16-,21-18-,27-25-,33-31-,37-36-,40-39-,44-43-,51-48-,53-50-,62-59-. The third-order valence-electron chi connectivity index (χ3n) is 14.1. The van der Waals surface area contributed by atoms with Crippen molar-refractivity contribution in [2.24, 2.45) is 0 Å². The molecule has 0 aliphatic carbocycles. The minimum atomic E-state index is -0.823. The Balaban J connectivity index is 4.41. The molecule has 0 saturated carbocycles. The second-order valence-electron chi connectivity index (χ2n) is 22.0. The third-order valence-corrected chi connectivity index (χ3v) is 14.1. The smallest absolute Gasteiger partial charge is 0.306 e. The van der Waals surface area contributed by atoms with Crippen molar-refractivity contribution in [3.8, 4) is 0 Å². The maximum absolute atomic E-state index is 12.9. The molecule has 0 amide bonds. The first-order valence-electron chi connectivity index (χ1n) is 33.8. The summed E-state index contributed by atoms with van der Waals surface area (Å²) in [7, 11) is 0. The number of rotatable bonds is 60. The molecule has 0 spiro atoms. The van der Waals surface area contributed by atoms with E-state index in [1.165, 1.54) is 122 Å². The van der Waals surface area contributed by atoms with Crippen LogP contribution in [0.25, 0.3) is 0 Å². The molecular formula is C76H124O6. The predicted octanol–water partition coefficient (Wildman–Crippen LogP) is 23.5. The van der Waals surface area contributed by atoms with Gasteiger partial charge in [0.05, 0.1) is 0 Å². The summed E-state index contributed by atoms with van der Waals surface area (Å²) in [5, 5.41) is 0. The average Bonchev–Trinajstić information content (AvgIpc) is 3.47. The molecule has 464 valence electrons. The Morgan fingerprint density at radius 2 is 0.500 bits per heavy atom. The van der Waals surface area contributed by atoms with Gasteiger partial charge >= 0.3 is 17.9 Å². The fraction of sp³-hybridized carbons (Fsp3) is 0.645. The first-order valence-corrected chi connectivity index (χ1v) is 33.8. The summed E-state index contributed by atoms with van der Waals surface area (Å²) < 4.78 is 16.8. The summed E-state index contributed by atoms with van der Waals surface area (Å²) in [6.07, 6.45) is 98.8. The second kappa shape index (κ2) is 68.8. The maximum Gasteiger partial charge on any atom is 0.306 e. The van der Waals surface area contributed by atoms with Gasteiger partial charge in [-0.3, -0.25) is 14.4 Å². The van der Waals surface area contributed by atoms with E-state index in [0.29, 0.717) is 19.3 Å². The van der Waals surface area contributed by atoms with Crippen LogP contribution in [0.15, 0.2) is 146 Å². The Bertz CT molecular complexity index is 1780. The first-order chi connectivity index (χ1) is 40.5. The van der Waals surface area contributed by atoms with Gasteiger partial charge in [-0.15, -0.1) is 0 Å². The zero-order valence-electron chi connectivity index (χ0n) is 53.2. The average molecular weight is 1130 g/mol. The quantitative estimate of drug-likeness (QED) is 0.0261. The highest BCUT2D eigenvalue weighted by Gasteiger charge is 2.19. The highest BCUT2D eigenvalue weighted by molar-refractivity contribution is 5.71.